The second-order valence-electron chi connectivity index (χ2n) is 9.72. The maximum absolute atomic E-state index is 15.2. The van der Waals surface area contributed by atoms with Crippen LogP contribution in [0.15, 0.2) is 18.2 Å². The zero-order chi connectivity index (χ0) is 33.5. The standard InChI is InChI=1S/C30H18F12.C2H6/c1-5-14-21(33)27(39)17(28(40)22(14)34)12-6-11(16-25(37)19(31)10(4)20(32)26(16)38)7-13(8-12)18-29(41)23(35)15(9(2)3)24(36)30(18)42;1-2/h6-9H,5H2,1-4H3;1-2H3. The first kappa shape index (κ1) is 34.5. The largest absolute Gasteiger partial charge is 0.203 e. The predicted octanol–water partition coefficient (Wildman–Crippen LogP) is 11.4. The van der Waals surface area contributed by atoms with E-state index in [1.54, 1.807) is 0 Å². The van der Waals surface area contributed by atoms with E-state index in [0.29, 0.717) is 25.1 Å². The highest BCUT2D eigenvalue weighted by Crippen LogP contribution is 2.42. The van der Waals surface area contributed by atoms with Crippen LogP contribution < -0.4 is 0 Å². The molecular weight excluding hydrogens is 612 g/mol. The van der Waals surface area contributed by atoms with E-state index in [2.05, 4.69) is 0 Å². The molecule has 0 amide bonds. The fourth-order valence-electron chi connectivity index (χ4n) is 4.71. The average molecular weight is 637 g/mol. The predicted molar refractivity (Wildman–Crippen MR) is 142 cm³/mol. The zero-order valence-electron chi connectivity index (χ0n) is 24.1. The Balaban J connectivity index is 0.00000259. The minimum atomic E-state index is -2.05. The van der Waals surface area contributed by atoms with Gasteiger partial charge < -0.3 is 0 Å². The second-order valence-corrected chi connectivity index (χ2v) is 9.72. The molecule has 0 aliphatic heterocycles. The van der Waals surface area contributed by atoms with Gasteiger partial charge in [0.05, 0.1) is 16.7 Å². The smallest absolute Gasteiger partial charge is 0.170 e. The Kier molecular flexibility index (Phi) is 10.2. The molecule has 0 aliphatic rings. The van der Waals surface area contributed by atoms with Gasteiger partial charge in [-0.05, 0) is 54.2 Å². The topological polar surface area (TPSA) is 0 Å². The third-order valence-corrected chi connectivity index (χ3v) is 6.86. The van der Waals surface area contributed by atoms with Crippen LogP contribution in [0.2, 0.25) is 0 Å². The minimum Gasteiger partial charge on any atom is -0.203 e. The number of benzene rings is 4. The molecule has 0 fully saturated rings. The van der Waals surface area contributed by atoms with Gasteiger partial charge in [0.2, 0.25) is 0 Å². The van der Waals surface area contributed by atoms with Crippen molar-refractivity contribution in [3.63, 3.8) is 0 Å². The van der Waals surface area contributed by atoms with Crippen LogP contribution in [0.3, 0.4) is 0 Å². The van der Waals surface area contributed by atoms with Crippen molar-refractivity contribution < 1.29 is 52.7 Å². The molecule has 0 aliphatic carbocycles. The Morgan fingerprint density at radius 1 is 0.455 bits per heavy atom. The lowest BCUT2D eigenvalue weighted by molar-refractivity contribution is 0.436. The van der Waals surface area contributed by atoms with E-state index in [1.807, 2.05) is 13.8 Å². The van der Waals surface area contributed by atoms with E-state index in [0.717, 1.165) is 0 Å². The molecule has 4 aromatic rings. The Hall–Kier alpha value is -3.96. The van der Waals surface area contributed by atoms with Crippen LogP contribution in [0.1, 0.15) is 57.2 Å². The van der Waals surface area contributed by atoms with Crippen LogP contribution in [0.5, 0.6) is 0 Å². The molecule has 0 saturated carbocycles. The zero-order valence-corrected chi connectivity index (χ0v) is 24.1. The van der Waals surface area contributed by atoms with Gasteiger partial charge in [-0.2, -0.15) is 0 Å². The molecule has 0 nitrogen and oxygen atoms in total. The maximum Gasteiger partial charge on any atom is 0.170 e. The van der Waals surface area contributed by atoms with E-state index < -0.39 is 132 Å². The second kappa shape index (κ2) is 13.0. The Morgan fingerprint density at radius 3 is 1.00 bits per heavy atom. The van der Waals surface area contributed by atoms with E-state index >= 15 is 17.6 Å². The highest BCUT2D eigenvalue weighted by Gasteiger charge is 2.31. The van der Waals surface area contributed by atoms with E-state index in [9.17, 15) is 35.1 Å². The molecule has 12 heteroatoms. The van der Waals surface area contributed by atoms with Gasteiger partial charge in [-0.15, -0.1) is 0 Å². The number of rotatable bonds is 5. The van der Waals surface area contributed by atoms with Crippen molar-refractivity contribution in [1.82, 2.24) is 0 Å². The summed E-state index contributed by atoms with van der Waals surface area (Å²) < 4.78 is 178. The summed E-state index contributed by atoms with van der Waals surface area (Å²) >= 11 is 0. The fraction of sp³-hybridized carbons (Fsp3) is 0.250. The van der Waals surface area contributed by atoms with Gasteiger partial charge in [-0.25, -0.2) is 52.7 Å². The fourth-order valence-corrected chi connectivity index (χ4v) is 4.71. The van der Waals surface area contributed by atoms with Crippen molar-refractivity contribution in [2.75, 3.05) is 0 Å². The maximum atomic E-state index is 15.2. The number of halogens is 12. The third-order valence-electron chi connectivity index (χ3n) is 6.86. The van der Waals surface area contributed by atoms with E-state index in [1.165, 1.54) is 20.8 Å². The van der Waals surface area contributed by atoms with Crippen LogP contribution >= 0.6 is 0 Å². The van der Waals surface area contributed by atoms with Crippen molar-refractivity contribution >= 4 is 0 Å². The van der Waals surface area contributed by atoms with Crippen LogP contribution in [-0.2, 0) is 6.42 Å². The molecule has 0 aromatic heterocycles. The average Bonchev–Trinajstić information content (AvgIpc) is 2.98. The van der Waals surface area contributed by atoms with Gasteiger partial charge in [0.25, 0.3) is 0 Å². The molecule has 0 bridgehead atoms. The first-order valence-electron chi connectivity index (χ1n) is 13.3. The summed E-state index contributed by atoms with van der Waals surface area (Å²) in [6.07, 6.45) is -0.521. The SMILES string of the molecule is CC.CCc1c(F)c(F)c(-c2cc(-c3c(F)c(F)c(C)c(F)c3F)cc(-c3c(F)c(F)c(C(C)C)c(F)c3F)c2)c(F)c1F. The Bertz CT molecular complexity index is 1690. The summed E-state index contributed by atoms with van der Waals surface area (Å²) in [5.41, 5.74) is -10.9. The molecule has 0 saturated heterocycles. The molecule has 4 rings (SSSR count). The molecule has 0 N–H and O–H groups in total. The molecule has 44 heavy (non-hydrogen) atoms. The van der Waals surface area contributed by atoms with Gasteiger partial charge >= 0.3 is 0 Å². The lowest BCUT2D eigenvalue weighted by Crippen LogP contribution is -2.09. The summed E-state index contributed by atoms with van der Waals surface area (Å²) in [6.45, 7) is 8.26. The molecular formula is C32H24F12. The summed E-state index contributed by atoms with van der Waals surface area (Å²) in [5.74, 6) is -24.7. The lowest BCUT2D eigenvalue weighted by Gasteiger charge is -2.18. The van der Waals surface area contributed by atoms with Crippen molar-refractivity contribution in [1.29, 1.82) is 0 Å². The normalized spacial score (nSPS) is 11.2. The summed E-state index contributed by atoms with van der Waals surface area (Å²) in [7, 11) is 0. The summed E-state index contributed by atoms with van der Waals surface area (Å²) in [5, 5.41) is 0. The molecule has 0 spiro atoms. The van der Waals surface area contributed by atoms with Crippen molar-refractivity contribution in [3.05, 3.63) is 105 Å². The molecule has 0 atom stereocenters. The first-order valence-corrected chi connectivity index (χ1v) is 13.3. The molecule has 0 unspecified atom stereocenters. The third kappa shape index (κ3) is 5.43. The summed E-state index contributed by atoms with van der Waals surface area (Å²) in [6, 6.07) is 1.29. The van der Waals surface area contributed by atoms with Crippen molar-refractivity contribution in [3.8, 4) is 33.4 Å². The van der Waals surface area contributed by atoms with Gasteiger partial charge in [0.1, 0.15) is 0 Å². The summed E-state index contributed by atoms with van der Waals surface area (Å²) in [4.78, 5) is 0. The number of hydrogen-bond donors (Lipinski definition) is 0. The highest BCUT2D eigenvalue weighted by molar-refractivity contribution is 5.83. The molecule has 236 valence electrons. The van der Waals surface area contributed by atoms with Crippen LogP contribution in [-0.4, -0.2) is 0 Å². The van der Waals surface area contributed by atoms with E-state index in [4.69, 9.17) is 0 Å². The molecule has 4 aromatic carbocycles. The van der Waals surface area contributed by atoms with Crippen LogP contribution in [0.25, 0.3) is 33.4 Å². The van der Waals surface area contributed by atoms with Crippen molar-refractivity contribution in [2.45, 2.75) is 53.9 Å². The van der Waals surface area contributed by atoms with Crippen molar-refractivity contribution in [2.24, 2.45) is 0 Å². The Morgan fingerprint density at radius 2 is 0.727 bits per heavy atom. The van der Waals surface area contributed by atoms with Gasteiger partial charge in [-0.1, -0.05) is 34.6 Å². The van der Waals surface area contributed by atoms with Crippen LogP contribution in [0.4, 0.5) is 52.7 Å². The quantitative estimate of drug-likeness (QED) is 0.151. The monoisotopic (exact) mass is 636 g/mol. The van der Waals surface area contributed by atoms with E-state index in [-0.39, 0.29) is 0 Å². The minimum absolute atomic E-state index is 0.427. The van der Waals surface area contributed by atoms with Gasteiger partial charge in [0.15, 0.2) is 69.8 Å². The van der Waals surface area contributed by atoms with Gasteiger partial charge in [0, 0.05) is 16.7 Å². The first-order chi connectivity index (χ1) is 20.6. The molecule has 0 radical (unpaired) electrons. The van der Waals surface area contributed by atoms with Crippen LogP contribution in [0, 0.1) is 76.7 Å². The molecule has 0 heterocycles. The Labute approximate surface area is 245 Å². The lowest BCUT2D eigenvalue weighted by atomic mass is 9.89. The highest BCUT2D eigenvalue weighted by atomic mass is 19.2. The van der Waals surface area contributed by atoms with Gasteiger partial charge in [-0.3, -0.25) is 0 Å². The number of hydrogen-bond acceptors (Lipinski definition) is 0.